The van der Waals surface area contributed by atoms with Gasteiger partial charge in [0.1, 0.15) is 10.6 Å². The molecule has 1 aliphatic heterocycles. The van der Waals surface area contributed by atoms with E-state index in [0.29, 0.717) is 4.31 Å². The van der Waals surface area contributed by atoms with Gasteiger partial charge in [-0.2, -0.15) is 4.31 Å². The number of fused-ring (bicyclic) bond motifs is 1. The van der Waals surface area contributed by atoms with Gasteiger partial charge in [-0.1, -0.05) is 54.7 Å². The van der Waals surface area contributed by atoms with Crippen molar-refractivity contribution in [3.63, 3.8) is 0 Å². The highest BCUT2D eigenvalue weighted by Gasteiger charge is 2.45. The van der Waals surface area contributed by atoms with Crippen molar-refractivity contribution < 1.29 is 42.1 Å². The van der Waals surface area contributed by atoms with Gasteiger partial charge in [0.2, 0.25) is 5.76 Å². The number of rotatable bonds is 8. The molecule has 11 heteroatoms. The van der Waals surface area contributed by atoms with Crippen LogP contribution in [0.2, 0.25) is 0 Å². The lowest BCUT2D eigenvalue weighted by atomic mass is 10.2. The quantitative estimate of drug-likeness (QED) is 0.128. The van der Waals surface area contributed by atoms with Gasteiger partial charge in [-0.05, 0) is 39.0 Å². The minimum Gasteiger partial charge on any atom is -0.413 e. The van der Waals surface area contributed by atoms with E-state index in [0.717, 1.165) is 18.2 Å². The van der Waals surface area contributed by atoms with E-state index in [1.54, 1.807) is 26.0 Å². The van der Waals surface area contributed by atoms with Gasteiger partial charge in [-0.15, -0.1) is 0 Å². The average molecular weight is 514 g/mol. The number of allylic oxidation sites excluding steroid dienone is 8. The minimum atomic E-state index is -4.48. The van der Waals surface area contributed by atoms with Gasteiger partial charge in [0, 0.05) is 12.2 Å². The van der Waals surface area contributed by atoms with Crippen LogP contribution in [0.25, 0.3) is 0 Å². The van der Waals surface area contributed by atoms with E-state index in [-0.39, 0.29) is 10.5 Å². The Balaban J connectivity index is 2.58. The second kappa shape index (κ2) is 12.8. The summed E-state index contributed by atoms with van der Waals surface area (Å²) in [7, 11) is -4.48. The molecule has 10 nitrogen and oxygen atoms in total. The number of hydrogen-bond acceptors (Lipinski definition) is 9. The van der Waals surface area contributed by atoms with E-state index >= 15 is 0 Å². The number of ether oxygens (including phenoxy) is 1. The van der Waals surface area contributed by atoms with Gasteiger partial charge in [0.25, 0.3) is 15.9 Å². The first-order valence-corrected chi connectivity index (χ1v) is 11.9. The summed E-state index contributed by atoms with van der Waals surface area (Å²) in [5.41, 5.74) is -0.774. The topological polar surface area (TPSA) is 133 Å². The Bertz CT molecular complexity index is 1330. The summed E-state index contributed by atoms with van der Waals surface area (Å²) in [6.45, 7) is 4.88. The Kier molecular flexibility index (Phi) is 9.87. The van der Waals surface area contributed by atoms with Gasteiger partial charge in [0.05, 0.1) is 5.56 Å². The maximum atomic E-state index is 13.2. The molecule has 0 spiro atoms. The first-order chi connectivity index (χ1) is 17.2. The highest BCUT2D eigenvalue weighted by molar-refractivity contribution is 7.90. The van der Waals surface area contributed by atoms with Gasteiger partial charge >= 0.3 is 17.9 Å². The number of carbonyl (C=O) groups is 4. The lowest BCUT2D eigenvalue weighted by molar-refractivity contribution is -0.253. The Labute approximate surface area is 208 Å². The molecule has 2 rings (SSSR count). The van der Waals surface area contributed by atoms with Crippen LogP contribution < -0.4 is 0 Å². The second-order valence-electron chi connectivity index (χ2n) is 6.75. The van der Waals surface area contributed by atoms with Crippen molar-refractivity contribution >= 4 is 33.8 Å². The maximum Gasteiger partial charge on any atom is 0.423 e. The Morgan fingerprint density at radius 1 is 0.806 bits per heavy atom. The molecule has 1 aromatic carbocycles. The molecule has 1 aliphatic rings. The van der Waals surface area contributed by atoms with Crippen LogP contribution in [0.5, 0.6) is 0 Å². The molecule has 0 aromatic heterocycles. The van der Waals surface area contributed by atoms with E-state index in [1.807, 2.05) is 0 Å². The summed E-state index contributed by atoms with van der Waals surface area (Å²) in [6, 6.07) is 5.41. The number of nitrogens with zero attached hydrogens (tertiary/aromatic N) is 1. The number of sulfonamides is 1. The van der Waals surface area contributed by atoms with E-state index in [1.165, 1.54) is 61.6 Å². The molecule has 0 aliphatic carbocycles. The normalized spacial score (nSPS) is 15.8. The predicted octanol–water partition coefficient (Wildman–Crippen LogP) is 3.43. The molecule has 0 radical (unpaired) electrons. The Hall–Kier alpha value is -4.51. The first-order valence-electron chi connectivity index (χ1n) is 10.5. The molecule has 0 atom stereocenters. The van der Waals surface area contributed by atoms with Crippen LogP contribution in [0, 0.1) is 0 Å². The predicted molar refractivity (Wildman–Crippen MR) is 128 cm³/mol. The highest BCUT2D eigenvalue weighted by Crippen LogP contribution is 2.35. The molecule has 0 fully saturated rings. The molecule has 1 aromatic rings. The highest BCUT2D eigenvalue weighted by atomic mass is 32.2. The summed E-state index contributed by atoms with van der Waals surface area (Å²) >= 11 is 0. The lowest BCUT2D eigenvalue weighted by Gasteiger charge is -2.19. The van der Waals surface area contributed by atoms with Gasteiger partial charge in [-0.3, -0.25) is 4.79 Å². The van der Waals surface area contributed by atoms with Crippen molar-refractivity contribution in [1.82, 2.24) is 4.31 Å². The molecule has 0 unspecified atom stereocenters. The van der Waals surface area contributed by atoms with Crippen molar-refractivity contribution in [2.24, 2.45) is 0 Å². The molecule has 36 heavy (non-hydrogen) atoms. The molecular weight excluding hydrogens is 490 g/mol. The zero-order valence-corrected chi connectivity index (χ0v) is 20.4. The molecule has 1 amide bonds. The van der Waals surface area contributed by atoms with Crippen LogP contribution in [0.1, 0.15) is 31.1 Å². The Morgan fingerprint density at radius 3 is 2.00 bits per heavy atom. The molecule has 188 valence electrons. The van der Waals surface area contributed by atoms with Crippen molar-refractivity contribution in [1.29, 1.82) is 0 Å². The Morgan fingerprint density at radius 2 is 1.42 bits per heavy atom. The van der Waals surface area contributed by atoms with Crippen LogP contribution in [-0.2, 0) is 38.9 Å². The standard InChI is InChI=1S/C25H23NO9S/c1-4-7-9-16-21(27)33-23(25(30)35-34-22(28)17-10-8-5-2)19(13-6-3)26-24(29)18-14-11-12-15-20(18)36(26,31)32/h4-17H,1-3H3/b7-4+,8-5+,13-6+,16-9+,17-10+,23-19+. The monoisotopic (exact) mass is 513 g/mol. The third-order valence-electron chi connectivity index (χ3n) is 4.26. The zero-order valence-electron chi connectivity index (χ0n) is 19.6. The number of carbonyl (C=O) groups excluding carboxylic acids is 4. The van der Waals surface area contributed by atoms with E-state index in [9.17, 15) is 27.6 Å². The van der Waals surface area contributed by atoms with Crippen LogP contribution in [0.4, 0.5) is 0 Å². The lowest BCUT2D eigenvalue weighted by Crippen LogP contribution is -2.32. The van der Waals surface area contributed by atoms with Gasteiger partial charge < -0.3 is 4.74 Å². The third kappa shape index (κ3) is 6.54. The molecule has 0 N–H and O–H groups in total. The summed E-state index contributed by atoms with van der Waals surface area (Å²) in [5.74, 6) is -5.70. The van der Waals surface area contributed by atoms with Crippen molar-refractivity contribution in [2.45, 2.75) is 25.7 Å². The van der Waals surface area contributed by atoms with E-state index in [4.69, 9.17) is 4.74 Å². The molecule has 1 heterocycles. The molecule has 0 saturated carbocycles. The van der Waals surface area contributed by atoms with Crippen LogP contribution in [0.3, 0.4) is 0 Å². The van der Waals surface area contributed by atoms with E-state index in [2.05, 4.69) is 9.78 Å². The smallest absolute Gasteiger partial charge is 0.413 e. The van der Waals surface area contributed by atoms with Crippen LogP contribution in [-0.4, -0.2) is 36.5 Å². The number of esters is 1. The molecular formula is C25H23NO9S. The SMILES string of the molecule is C/C=C/C=C/C(=O)OOC(=O)/C(OC(=O)/C=C/C=C/C)=C(/C=C/C)N1C(=O)c2ccccc2S1(=O)=O. The number of hydrogen-bond donors (Lipinski definition) is 0. The minimum absolute atomic E-state index is 0.146. The fourth-order valence-electron chi connectivity index (χ4n) is 2.79. The zero-order chi connectivity index (χ0) is 26.7. The maximum absolute atomic E-state index is 13.2. The van der Waals surface area contributed by atoms with Gasteiger partial charge in [0.15, 0.2) is 0 Å². The van der Waals surface area contributed by atoms with Crippen LogP contribution >= 0.6 is 0 Å². The van der Waals surface area contributed by atoms with Crippen LogP contribution in [0.15, 0.2) is 101 Å². The third-order valence-corrected chi connectivity index (χ3v) is 6.01. The fourth-order valence-corrected chi connectivity index (χ4v) is 4.39. The van der Waals surface area contributed by atoms with Crippen molar-refractivity contribution in [3.05, 3.63) is 102 Å². The molecule has 0 saturated heterocycles. The summed E-state index contributed by atoms with van der Waals surface area (Å²) in [5, 5.41) is 0. The summed E-state index contributed by atoms with van der Waals surface area (Å²) in [4.78, 5) is 58.5. The van der Waals surface area contributed by atoms with E-state index < -0.39 is 45.3 Å². The average Bonchev–Trinajstić information content (AvgIpc) is 3.05. The van der Waals surface area contributed by atoms with Gasteiger partial charge in [-0.25, -0.2) is 32.6 Å². The second-order valence-corrected chi connectivity index (χ2v) is 8.50. The summed E-state index contributed by atoms with van der Waals surface area (Å²) < 4.78 is 31.7. The largest absolute Gasteiger partial charge is 0.423 e. The number of amides is 1. The summed E-state index contributed by atoms with van der Waals surface area (Å²) in [6.07, 6.45) is 13.1. The fraction of sp³-hybridized carbons (Fsp3) is 0.120. The number of benzene rings is 1. The van der Waals surface area contributed by atoms with Crippen molar-refractivity contribution in [2.75, 3.05) is 0 Å². The van der Waals surface area contributed by atoms with Crippen molar-refractivity contribution in [3.8, 4) is 0 Å². The molecule has 0 bridgehead atoms. The first kappa shape index (κ1) is 27.7.